The van der Waals surface area contributed by atoms with Crippen molar-refractivity contribution in [2.24, 2.45) is 0 Å². The molecular formula is C23H28N4O4. The molecule has 2 aromatic carbocycles. The molecule has 164 valence electrons. The van der Waals surface area contributed by atoms with Gasteiger partial charge in [-0.1, -0.05) is 31.2 Å². The monoisotopic (exact) mass is 424 g/mol. The second-order valence-corrected chi connectivity index (χ2v) is 7.82. The van der Waals surface area contributed by atoms with E-state index in [4.69, 9.17) is 4.74 Å². The van der Waals surface area contributed by atoms with Gasteiger partial charge < -0.3 is 20.5 Å². The van der Waals surface area contributed by atoms with Crippen molar-refractivity contribution >= 4 is 23.3 Å². The van der Waals surface area contributed by atoms with E-state index in [1.54, 1.807) is 48.5 Å². The minimum Gasteiger partial charge on any atom is -0.497 e. The third-order valence-corrected chi connectivity index (χ3v) is 6.10. The Labute approximate surface area is 181 Å². The number of nitrogens with zero attached hydrogens (tertiary/aromatic N) is 2. The molecular weight excluding hydrogens is 396 g/mol. The molecule has 0 unspecified atom stereocenters. The highest BCUT2D eigenvalue weighted by Gasteiger charge is 2.52. The van der Waals surface area contributed by atoms with Gasteiger partial charge in [-0.15, -0.1) is 0 Å². The molecule has 4 rings (SSSR count). The molecule has 1 fully saturated rings. The Kier molecular flexibility index (Phi) is 5.84. The first-order valence-corrected chi connectivity index (χ1v) is 10.6. The highest BCUT2D eigenvalue weighted by atomic mass is 16.5. The van der Waals surface area contributed by atoms with Crippen LogP contribution >= 0.6 is 0 Å². The van der Waals surface area contributed by atoms with Crippen LogP contribution in [-0.2, 0) is 10.5 Å². The third-order valence-electron chi connectivity index (χ3n) is 6.10. The molecule has 3 N–H and O–H groups in total. The minimum absolute atomic E-state index is 0.218. The summed E-state index contributed by atoms with van der Waals surface area (Å²) in [7, 11) is 1.52. The summed E-state index contributed by atoms with van der Waals surface area (Å²) >= 11 is 0. The second-order valence-electron chi connectivity index (χ2n) is 7.82. The van der Waals surface area contributed by atoms with Gasteiger partial charge in [-0.05, 0) is 44.1 Å². The molecule has 0 spiro atoms. The van der Waals surface area contributed by atoms with Crippen LogP contribution < -0.4 is 20.3 Å². The highest BCUT2D eigenvalue weighted by Crippen LogP contribution is 2.40. The number of nitrogens with one attached hydrogen (secondary N) is 2. The van der Waals surface area contributed by atoms with Crippen LogP contribution in [0.25, 0.3) is 0 Å². The molecule has 31 heavy (non-hydrogen) atoms. The second kappa shape index (κ2) is 8.56. The number of ether oxygens (including phenoxy) is 1. The lowest BCUT2D eigenvalue weighted by Crippen LogP contribution is -2.63. The Balaban J connectivity index is 1.71. The van der Waals surface area contributed by atoms with Gasteiger partial charge in [0.05, 0.1) is 18.5 Å². The Bertz CT molecular complexity index is 982. The Morgan fingerprint density at radius 2 is 2.10 bits per heavy atom. The van der Waals surface area contributed by atoms with Gasteiger partial charge in [0.2, 0.25) is 0 Å². The van der Waals surface area contributed by atoms with Crippen molar-refractivity contribution in [3.8, 4) is 5.75 Å². The number of anilines is 2. The average molecular weight is 425 g/mol. The number of urea groups is 1. The number of methoxy groups -OCH3 is 1. The molecule has 1 saturated heterocycles. The average Bonchev–Trinajstić information content (AvgIpc) is 3.25. The van der Waals surface area contributed by atoms with Crippen LogP contribution in [0.15, 0.2) is 48.5 Å². The lowest BCUT2D eigenvalue weighted by Gasteiger charge is -2.43. The molecule has 0 radical (unpaired) electrons. The normalized spacial score (nSPS) is 23.3. The molecule has 2 aliphatic heterocycles. The minimum atomic E-state index is -2.21. The van der Waals surface area contributed by atoms with Gasteiger partial charge >= 0.3 is 6.03 Å². The molecule has 3 amide bonds. The van der Waals surface area contributed by atoms with Crippen molar-refractivity contribution in [3.63, 3.8) is 0 Å². The number of likely N-dealkylation sites (N-methyl/N-ethyl adjacent to an activating group) is 1. The number of aliphatic hydroxyl groups is 1. The van der Waals surface area contributed by atoms with Gasteiger partial charge in [-0.2, -0.15) is 0 Å². The van der Waals surface area contributed by atoms with Crippen LogP contribution in [0.1, 0.15) is 25.3 Å². The van der Waals surface area contributed by atoms with E-state index in [0.29, 0.717) is 29.2 Å². The van der Waals surface area contributed by atoms with Gasteiger partial charge in [-0.3, -0.25) is 14.6 Å². The maximum atomic E-state index is 13.5. The van der Waals surface area contributed by atoms with Crippen LogP contribution in [0.5, 0.6) is 5.75 Å². The van der Waals surface area contributed by atoms with Crippen molar-refractivity contribution in [1.29, 1.82) is 0 Å². The Morgan fingerprint density at radius 1 is 1.29 bits per heavy atom. The molecule has 2 aromatic rings. The molecule has 2 heterocycles. The Morgan fingerprint density at radius 3 is 2.87 bits per heavy atom. The zero-order chi connectivity index (χ0) is 22.0. The van der Waals surface area contributed by atoms with E-state index >= 15 is 0 Å². The van der Waals surface area contributed by atoms with E-state index in [9.17, 15) is 14.7 Å². The Hall–Kier alpha value is -3.10. The molecule has 0 bridgehead atoms. The van der Waals surface area contributed by atoms with E-state index in [2.05, 4.69) is 22.5 Å². The zero-order valence-corrected chi connectivity index (χ0v) is 17.8. The van der Waals surface area contributed by atoms with Crippen LogP contribution in [0, 0.1) is 0 Å². The smallest absolute Gasteiger partial charge is 0.329 e. The topological polar surface area (TPSA) is 94.1 Å². The summed E-state index contributed by atoms with van der Waals surface area (Å²) in [5.74, 6) is -0.128. The molecule has 0 aliphatic carbocycles. The molecule has 2 atom stereocenters. The van der Waals surface area contributed by atoms with Crippen LogP contribution in [0.2, 0.25) is 0 Å². The summed E-state index contributed by atoms with van der Waals surface area (Å²) in [5.41, 5.74) is -1.14. The van der Waals surface area contributed by atoms with E-state index in [-0.39, 0.29) is 6.04 Å². The SMILES string of the molecule is CCN1CCC[C@H]1CNC(=O)[C@@]1(O)c2ccccc2NC(=O)N1c1cccc(OC)c1. The summed E-state index contributed by atoms with van der Waals surface area (Å²) in [4.78, 5) is 29.9. The number of fused-ring (bicyclic) bond motifs is 1. The van der Waals surface area contributed by atoms with Gasteiger partial charge in [0, 0.05) is 24.2 Å². The van der Waals surface area contributed by atoms with E-state index in [1.165, 1.54) is 7.11 Å². The quantitative estimate of drug-likeness (QED) is 0.662. The number of amides is 3. The van der Waals surface area contributed by atoms with Crippen LogP contribution in [-0.4, -0.2) is 54.7 Å². The summed E-state index contributed by atoms with van der Waals surface area (Å²) in [5, 5.41) is 17.5. The van der Waals surface area contributed by atoms with Crippen molar-refractivity contribution in [2.45, 2.75) is 31.5 Å². The maximum absolute atomic E-state index is 13.5. The van der Waals surface area contributed by atoms with Crippen molar-refractivity contribution in [1.82, 2.24) is 10.2 Å². The van der Waals surface area contributed by atoms with Crippen molar-refractivity contribution in [2.75, 3.05) is 37.0 Å². The fourth-order valence-electron chi connectivity index (χ4n) is 4.49. The third kappa shape index (κ3) is 3.73. The maximum Gasteiger partial charge on any atom is 0.329 e. The molecule has 8 nitrogen and oxygen atoms in total. The first-order chi connectivity index (χ1) is 15.0. The predicted molar refractivity (Wildman–Crippen MR) is 118 cm³/mol. The van der Waals surface area contributed by atoms with E-state index in [0.717, 1.165) is 30.8 Å². The molecule has 2 aliphatic rings. The summed E-state index contributed by atoms with van der Waals surface area (Å²) < 4.78 is 5.27. The fourth-order valence-corrected chi connectivity index (χ4v) is 4.49. The molecule has 8 heteroatoms. The van der Waals surface area contributed by atoms with Gasteiger partial charge in [-0.25, -0.2) is 4.79 Å². The highest BCUT2D eigenvalue weighted by molar-refractivity contribution is 6.11. The number of carbonyl (C=O) groups is 2. The number of likely N-dealkylation sites (tertiary alicyclic amines) is 1. The van der Waals surface area contributed by atoms with Crippen LogP contribution in [0.4, 0.5) is 16.2 Å². The lowest BCUT2D eigenvalue weighted by atomic mass is 9.94. The number of hydrogen-bond donors (Lipinski definition) is 3. The van der Waals surface area contributed by atoms with E-state index < -0.39 is 17.7 Å². The van der Waals surface area contributed by atoms with Crippen molar-refractivity contribution in [3.05, 3.63) is 54.1 Å². The van der Waals surface area contributed by atoms with Gasteiger partial charge in [0.1, 0.15) is 5.75 Å². The zero-order valence-electron chi connectivity index (χ0n) is 17.8. The summed E-state index contributed by atoms with van der Waals surface area (Å²) in [6, 6.07) is 13.1. The largest absolute Gasteiger partial charge is 0.497 e. The fraction of sp³-hybridized carbons (Fsp3) is 0.391. The standard InChI is InChI=1S/C23H28N4O4/c1-3-26-13-7-9-17(26)15-24-21(28)23(30)19-11-4-5-12-20(19)25-22(29)27(23)16-8-6-10-18(14-16)31-2/h4-6,8,10-12,14,17,30H,3,7,9,13,15H2,1-2H3,(H,24,28)(H,25,29)/t17-,23-/m0/s1. The first kappa shape index (κ1) is 21.1. The number of hydrogen-bond acceptors (Lipinski definition) is 5. The van der Waals surface area contributed by atoms with Gasteiger partial charge in [0.15, 0.2) is 0 Å². The van der Waals surface area contributed by atoms with Crippen LogP contribution in [0.3, 0.4) is 0 Å². The molecule has 0 aromatic heterocycles. The van der Waals surface area contributed by atoms with Gasteiger partial charge in [0.25, 0.3) is 11.6 Å². The molecule has 0 saturated carbocycles. The lowest BCUT2D eigenvalue weighted by molar-refractivity contribution is -0.140. The summed E-state index contributed by atoms with van der Waals surface area (Å²) in [6.07, 6.45) is 2.07. The summed E-state index contributed by atoms with van der Waals surface area (Å²) in [6.45, 7) is 4.42. The number of benzene rings is 2. The predicted octanol–water partition coefficient (Wildman–Crippen LogP) is 2.49. The number of rotatable bonds is 6. The van der Waals surface area contributed by atoms with Crippen molar-refractivity contribution < 1.29 is 19.4 Å². The number of carbonyl (C=O) groups excluding carboxylic acids is 2. The first-order valence-electron chi connectivity index (χ1n) is 10.6. The van der Waals surface area contributed by atoms with E-state index in [1.807, 2.05) is 0 Å². The number of para-hydroxylation sites is 1.